The number of hydrogen-bond acceptors (Lipinski definition) is 6. The first-order valence-electron chi connectivity index (χ1n) is 12.4. The van der Waals surface area contributed by atoms with Crippen LogP contribution in [-0.2, 0) is 37.4 Å². The third-order valence-electron chi connectivity index (χ3n) is 6.66. The van der Waals surface area contributed by atoms with Crippen LogP contribution >= 0.6 is 0 Å². The van der Waals surface area contributed by atoms with Crippen molar-refractivity contribution in [1.82, 2.24) is 4.72 Å². The van der Waals surface area contributed by atoms with Gasteiger partial charge in [0.05, 0.1) is 11.0 Å². The van der Waals surface area contributed by atoms with Crippen LogP contribution in [0.3, 0.4) is 0 Å². The van der Waals surface area contributed by atoms with Crippen molar-refractivity contribution in [3.8, 4) is 5.75 Å². The zero-order chi connectivity index (χ0) is 28.9. The first-order chi connectivity index (χ1) is 19.0. The molecule has 12 heteroatoms. The Labute approximate surface area is 230 Å². The number of amides is 1. The minimum atomic E-state index is -4.47. The SMILES string of the molecule is NC(=O)C1OC(CCCc2ccccc2)CC1(NS(=O)(=O)c1ccc(OCc2ccc(F)cc2F)cc1)C(=O)O. The third kappa shape index (κ3) is 6.64. The molecule has 1 saturated heterocycles. The Morgan fingerprint density at radius 1 is 1.07 bits per heavy atom. The Bertz CT molecular complexity index is 1470. The van der Waals surface area contributed by atoms with E-state index in [1.807, 2.05) is 30.3 Å². The quantitative estimate of drug-likeness (QED) is 0.301. The summed E-state index contributed by atoms with van der Waals surface area (Å²) in [6, 6.07) is 17.6. The topological polar surface area (TPSA) is 145 Å². The molecule has 1 amide bonds. The number of carboxylic acids is 1. The number of carboxylic acid groups (broad SMARTS) is 1. The molecule has 1 aliphatic rings. The number of halogens is 2. The number of rotatable bonds is 12. The van der Waals surface area contributed by atoms with E-state index < -0.39 is 51.3 Å². The fourth-order valence-corrected chi connectivity index (χ4v) is 6.00. The molecule has 0 spiro atoms. The summed E-state index contributed by atoms with van der Waals surface area (Å²) in [6.45, 7) is -0.234. The van der Waals surface area contributed by atoms with Crippen LogP contribution in [0.1, 0.15) is 30.4 Å². The molecule has 0 radical (unpaired) electrons. The average molecular weight is 575 g/mol. The number of hydrogen-bond donors (Lipinski definition) is 3. The number of carbonyl (C=O) groups excluding carboxylic acids is 1. The molecule has 1 aliphatic heterocycles. The van der Waals surface area contributed by atoms with Crippen LogP contribution in [-0.4, -0.2) is 43.1 Å². The second kappa shape index (κ2) is 12.1. The maximum absolute atomic E-state index is 13.8. The van der Waals surface area contributed by atoms with Gasteiger partial charge in [-0.3, -0.25) is 9.59 Å². The number of nitrogens with one attached hydrogen (secondary N) is 1. The van der Waals surface area contributed by atoms with Crippen LogP contribution in [0.15, 0.2) is 77.7 Å². The maximum Gasteiger partial charge on any atom is 0.328 e. The molecular weight excluding hydrogens is 546 g/mol. The van der Waals surface area contributed by atoms with Gasteiger partial charge in [0.15, 0.2) is 11.6 Å². The van der Waals surface area contributed by atoms with E-state index >= 15 is 0 Å². The first kappa shape index (κ1) is 29.1. The van der Waals surface area contributed by atoms with Gasteiger partial charge in [0.2, 0.25) is 15.9 Å². The number of nitrogens with two attached hydrogens (primary N) is 1. The zero-order valence-corrected chi connectivity index (χ0v) is 22.1. The van der Waals surface area contributed by atoms with E-state index in [2.05, 4.69) is 4.72 Å². The number of ether oxygens (including phenoxy) is 2. The van der Waals surface area contributed by atoms with E-state index in [4.69, 9.17) is 15.2 Å². The Hall–Kier alpha value is -3.87. The molecule has 4 N–H and O–H groups in total. The van der Waals surface area contributed by atoms with Crippen molar-refractivity contribution in [2.75, 3.05) is 0 Å². The highest BCUT2D eigenvalue weighted by Crippen LogP contribution is 2.35. The van der Waals surface area contributed by atoms with Crippen LogP contribution < -0.4 is 15.2 Å². The Balaban J connectivity index is 1.46. The summed E-state index contributed by atoms with van der Waals surface area (Å²) in [6.07, 6.45) is -1.05. The summed E-state index contributed by atoms with van der Waals surface area (Å²) in [5, 5.41) is 10.1. The summed E-state index contributed by atoms with van der Waals surface area (Å²) in [7, 11) is -4.47. The summed E-state index contributed by atoms with van der Waals surface area (Å²) < 4.78 is 66.7. The second-order valence-electron chi connectivity index (χ2n) is 9.50. The number of sulfonamides is 1. The van der Waals surface area contributed by atoms with Crippen molar-refractivity contribution >= 4 is 21.9 Å². The molecule has 0 bridgehead atoms. The lowest BCUT2D eigenvalue weighted by molar-refractivity contribution is -0.150. The molecule has 1 fully saturated rings. The smallest absolute Gasteiger partial charge is 0.328 e. The van der Waals surface area contributed by atoms with Gasteiger partial charge in [0.1, 0.15) is 24.0 Å². The lowest BCUT2D eigenvalue weighted by Gasteiger charge is -2.28. The van der Waals surface area contributed by atoms with E-state index in [1.54, 1.807) is 0 Å². The van der Waals surface area contributed by atoms with Crippen molar-refractivity contribution in [2.45, 2.75) is 54.9 Å². The maximum atomic E-state index is 13.8. The predicted molar refractivity (Wildman–Crippen MR) is 140 cm³/mol. The number of aryl methyl sites for hydroxylation is 1. The summed E-state index contributed by atoms with van der Waals surface area (Å²) in [5.74, 6) is -4.02. The van der Waals surface area contributed by atoms with Gasteiger partial charge in [-0.2, -0.15) is 4.72 Å². The molecule has 3 aromatic rings. The Kier molecular flexibility index (Phi) is 8.82. The van der Waals surface area contributed by atoms with Crippen molar-refractivity contribution in [2.24, 2.45) is 5.73 Å². The van der Waals surface area contributed by atoms with E-state index in [9.17, 15) is 31.9 Å². The van der Waals surface area contributed by atoms with Gasteiger partial charge in [-0.25, -0.2) is 17.2 Å². The molecule has 0 saturated carbocycles. The largest absolute Gasteiger partial charge is 0.489 e. The highest BCUT2D eigenvalue weighted by Gasteiger charge is 2.59. The van der Waals surface area contributed by atoms with Gasteiger partial charge in [0.25, 0.3) is 0 Å². The minimum absolute atomic E-state index is 0.0974. The van der Waals surface area contributed by atoms with E-state index in [0.29, 0.717) is 19.3 Å². The second-order valence-corrected chi connectivity index (χ2v) is 11.2. The Morgan fingerprint density at radius 3 is 2.40 bits per heavy atom. The van der Waals surface area contributed by atoms with Crippen LogP contribution in [0.2, 0.25) is 0 Å². The Morgan fingerprint density at radius 2 is 1.77 bits per heavy atom. The minimum Gasteiger partial charge on any atom is -0.489 e. The van der Waals surface area contributed by atoms with Gasteiger partial charge < -0.3 is 20.3 Å². The molecule has 3 aromatic carbocycles. The number of aliphatic carboxylic acids is 1. The number of benzene rings is 3. The lowest BCUT2D eigenvalue weighted by atomic mass is 9.89. The normalized spacial score (nSPS) is 20.8. The molecule has 0 aliphatic carbocycles. The van der Waals surface area contributed by atoms with E-state index in [1.165, 1.54) is 30.3 Å². The monoisotopic (exact) mass is 574 g/mol. The molecule has 3 atom stereocenters. The van der Waals surface area contributed by atoms with E-state index in [-0.39, 0.29) is 29.2 Å². The number of primary amides is 1. The number of carbonyl (C=O) groups is 2. The standard InChI is InChI=1S/C28H28F2N2O7S/c29-20-10-9-19(24(30)15-20)17-38-21-11-13-23(14-12-21)40(36,37)32-28(27(34)35)16-22(39-25(28)26(31)33)8-4-7-18-5-2-1-3-6-18/h1-3,5-6,9-15,22,25,32H,4,7-8,16-17H2,(H2,31,33)(H,34,35). The van der Waals surface area contributed by atoms with Crippen LogP contribution in [0.5, 0.6) is 5.75 Å². The molecular formula is C28H28F2N2O7S. The van der Waals surface area contributed by atoms with Crippen molar-refractivity contribution < 1.29 is 41.4 Å². The van der Waals surface area contributed by atoms with Gasteiger partial charge in [-0.1, -0.05) is 30.3 Å². The van der Waals surface area contributed by atoms with Gasteiger partial charge in [-0.05, 0) is 61.2 Å². The molecule has 1 heterocycles. The summed E-state index contributed by atoms with van der Waals surface area (Å²) in [4.78, 5) is 24.3. The van der Waals surface area contributed by atoms with Crippen LogP contribution in [0.25, 0.3) is 0 Å². The first-order valence-corrected chi connectivity index (χ1v) is 13.9. The molecule has 0 aromatic heterocycles. The summed E-state index contributed by atoms with van der Waals surface area (Å²) >= 11 is 0. The lowest BCUT2D eigenvalue weighted by Crippen LogP contribution is -2.62. The van der Waals surface area contributed by atoms with Crippen molar-refractivity contribution in [3.63, 3.8) is 0 Å². The predicted octanol–water partition coefficient (Wildman–Crippen LogP) is 3.31. The fraction of sp³-hybridized carbons (Fsp3) is 0.286. The molecule has 212 valence electrons. The third-order valence-corrected chi connectivity index (χ3v) is 8.19. The average Bonchev–Trinajstić information content (AvgIpc) is 3.28. The summed E-state index contributed by atoms with van der Waals surface area (Å²) in [5.41, 5.74) is 4.31. The highest BCUT2D eigenvalue weighted by molar-refractivity contribution is 7.89. The van der Waals surface area contributed by atoms with Crippen LogP contribution in [0, 0.1) is 11.6 Å². The molecule has 3 unspecified atom stereocenters. The van der Waals surface area contributed by atoms with E-state index in [0.717, 1.165) is 17.7 Å². The molecule has 9 nitrogen and oxygen atoms in total. The van der Waals surface area contributed by atoms with Gasteiger partial charge in [0, 0.05) is 18.1 Å². The fourth-order valence-electron chi connectivity index (χ4n) is 4.63. The molecule has 40 heavy (non-hydrogen) atoms. The van der Waals surface area contributed by atoms with Gasteiger partial charge in [-0.15, -0.1) is 0 Å². The zero-order valence-electron chi connectivity index (χ0n) is 21.3. The molecule has 4 rings (SSSR count). The highest BCUT2D eigenvalue weighted by atomic mass is 32.2. The van der Waals surface area contributed by atoms with Crippen molar-refractivity contribution in [3.05, 3.63) is 95.6 Å². The van der Waals surface area contributed by atoms with Gasteiger partial charge >= 0.3 is 5.97 Å². The van der Waals surface area contributed by atoms with Crippen LogP contribution in [0.4, 0.5) is 8.78 Å². The van der Waals surface area contributed by atoms with Crippen molar-refractivity contribution in [1.29, 1.82) is 0 Å².